The second-order valence-corrected chi connectivity index (χ2v) is 6.96. The third-order valence-electron chi connectivity index (χ3n) is 5.22. The van der Waals surface area contributed by atoms with E-state index in [1.165, 1.54) is 0 Å². The van der Waals surface area contributed by atoms with Crippen molar-refractivity contribution in [2.75, 3.05) is 0 Å². The van der Waals surface area contributed by atoms with E-state index in [1.807, 2.05) is 4.40 Å². The lowest BCUT2D eigenvalue weighted by atomic mass is 10.1. The quantitative estimate of drug-likeness (QED) is 0.492. The first-order chi connectivity index (χ1) is 13.6. The molecule has 0 amide bonds. The molecule has 0 radical (unpaired) electrons. The van der Waals surface area contributed by atoms with Gasteiger partial charge in [0.15, 0.2) is 17.8 Å². The van der Waals surface area contributed by atoms with E-state index >= 15 is 0 Å². The monoisotopic (exact) mass is 384 g/mol. The van der Waals surface area contributed by atoms with Gasteiger partial charge in [-0.1, -0.05) is 12.8 Å². The highest BCUT2D eigenvalue weighted by Gasteiger charge is 2.24. The summed E-state index contributed by atoms with van der Waals surface area (Å²) in [6.45, 7) is 0. The zero-order valence-corrected chi connectivity index (χ0v) is 14.7. The summed E-state index contributed by atoms with van der Waals surface area (Å²) < 4.78 is 49.1. The zero-order valence-electron chi connectivity index (χ0n) is 14.7. The molecule has 1 fully saturated rings. The van der Waals surface area contributed by atoms with Crippen molar-refractivity contribution in [1.29, 1.82) is 0 Å². The molecule has 5 nitrogen and oxygen atoms in total. The Morgan fingerprint density at radius 3 is 2.50 bits per heavy atom. The van der Waals surface area contributed by atoms with Gasteiger partial charge in [-0.3, -0.25) is 4.40 Å². The molecule has 3 aromatic heterocycles. The average molecular weight is 384 g/mol. The number of pyridine rings is 1. The first-order valence-corrected chi connectivity index (χ1v) is 9.05. The Morgan fingerprint density at radius 2 is 1.75 bits per heavy atom. The van der Waals surface area contributed by atoms with E-state index in [4.69, 9.17) is 4.42 Å². The van der Waals surface area contributed by atoms with Crippen molar-refractivity contribution >= 4 is 5.65 Å². The minimum Gasteiger partial charge on any atom is -0.443 e. The third kappa shape index (κ3) is 2.67. The number of hydrogen-bond donors (Lipinski definition) is 0. The van der Waals surface area contributed by atoms with Crippen molar-refractivity contribution < 1.29 is 17.6 Å². The molecule has 0 unspecified atom stereocenters. The molecular weight excluding hydrogens is 369 g/mol. The van der Waals surface area contributed by atoms with Crippen LogP contribution in [0, 0.1) is 17.5 Å². The van der Waals surface area contributed by atoms with E-state index in [0.29, 0.717) is 29.3 Å². The molecule has 4 aromatic rings. The molecule has 0 saturated heterocycles. The van der Waals surface area contributed by atoms with Crippen LogP contribution in [0.25, 0.3) is 28.2 Å². The van der Waals surface area contributed by atoms with Crippen LogP contribution in [-0.2, 0) is 0 Å². The molecule has 0 bridgehead atoms. The van der Waals surface area contributed by atoms with Crippen LogP contribution in [0.15, 0.2) is 41.3 Å². The molecule has 1 aromatic carbocycles. The highest BCUT2D eigenvalue weighted by atomic mass is 19.1. The van der Waals surface area contributed by atoms with Crippen molar-refractivity contribution in [2.45, 2.75) is 31.6 Å². The van der Waals surface area contributed by atoms with Gasteiger partial charge in [0.1, 0.15) is 29.0 Å². The van der Waals surface area contributed by atoms with Gasteiger partial charge in [-0.05, 0) is 25.0 Å². The van der Waals surface area contributed by atoms with Crippen molar-refractivity contribution in [3.8, 4) is 22.6 Å². The fourth-order valence-corrected chi connectivity index (χ4v) is 3.90. The van der Waals surface area contributed by atoms with Gasteiger partial charge in [-0.2, -0.15) is 0 Å². The van der Waals surface area contributed by atoms with Crippen molar-refractivity contribution in [1.82, 2.24) is 19.6 Å². The number of rotatable bonds is 3. The van der Waals surface area contributed by atoms with E-state index in [2.05, 4.69) is 15.2 Å². The lowest BCUT2D eigenvalue weighted by Gasteiger charge is -2.08. The van der Waals surface area contributed by atoms with E-state index < -0.39 is 23.0 Å². The molecule has 28 heavy (non-hydrogen) atoms. The largest absolute Gasteiger partial charge is 0.443 e. The van der Waals surface area contributed by atoms with E-state index in [1.54, 1.807) is 18.3 Å². The number of halogens is 3. The highest BCUT2D eigenvalue weighted by molar-refractivity contribution is 5.77. The van der Waals surface area contributed by atoms with Gasteiger partial charge in [-0.15, -0.1) is 10.2 Å². The Labute approximate surface area is 157 Å². The minimum atomic E-state index is -1.04. The average Bonchev–Trinajstić information content (AvgIpc) is 3.40. The fraction of sp³-hybridized carbons (Fsp3) is 0.250. The van der Waals surface area contributed by atoms with Gasteiger partial charge in [0.2, 0.25) is 0 Å². The molecule has 0 N–H and O–H groups in total. The fourth-order valence-electron chi connectivity index (χ4n) is 3.90. The lowest BCUT2D eigenvalue weighted by Crippen LogP contribution is -2.00. The van der Waals surface area contributed by atoms with Gasteiger partial charge in [0, 0.05) is 29.8 Å². The highest BCUT2D eigenvalue weighted by Crippen LogP contribution is 2.36. The number of nitrogens with zero attached hydrogens (tertiary/aromatic N) is 4. The van der Waals surface area contributed by atoms with Crippen molar-refractivity contribution in [3.63, 3.8) is 0 Å². The molecule has 1 aliphatic carbocycles. The van der Waals surface area contributed by atoms with Crippen LogP contribution in [0.4, 0.5) is 13.2 Å². The van der Waals surface area contributed by atoms with Gasteiger partial charge in [-0.25, -0.2) is 18.2 Å². The summed E-state index contributed by atoms with van der Waals surface area (Å²) in [5.74, 6) is -1.66. The summed E-state index contributed by atoms with van der Waals surface area (Å²) in [5, 5.41) is 8.53. The second kappa shape index (κ2) is 6.47. The van der Waals surface area contributed by atoms with Gasteiger partial charge < -0.3 is 4.42 Å². The summed E-state index contributed by atoms with van der Waals surface area (Å²) in [7, 11) is 0. The first kappa shape index (κ1) is 17.0. The molecule has 142 valence electrons. The number of benzene rings is 1. The normalized spacial score (nSPS) is 15.0. The molecule has 0 aliphatic heterocycles. The van der Waals surface area contributed by atoms with E-state index in [-0.39, 0.29) is 11.5 Å². The summed E-state index contributed by atoms with van der Waals surface area (Å²) in [6.07, 6.45) is 7.34. The van der Waals surface area contributed by atoms with Gasteiger partial charge >= 0.3 is 0 Å². The molecule has 1 saturated carbocycles. The third-order valence-corrected chi connectivity index (χ3v) is 5.22. The Hall–Kier alpha value is -3.16. The van der Waals surface area contributed by atoms with E-state index in [9.17, 15) is 13.2 Å². The smallest absolute Gasteiger partial charge is 0.182 e. The van der Waals surface area contributed by atoms with Crippen LogP contribution in [-0.4, -0.2) is 19.6 Å². The van der Waals surface area contributed by atoms with Crippen LogP contribution in [0.1, 0.15) is 37.4 Å². The Morgan fingerprint density at radius 1 is 1.00 bits per heavy atom. The lowest BCUT2D eigenvalue weighted by molar-refractivity contribution is 0.546. The molecule has 0 spiro atoms. The Bertz CT molecular complexity index is 1150. The van der Waals surface area contributed by atoms with Crippen LogP contribution in [0.5, 0.6) is 0 Å². The van der Waals surface area contributed by atoms with E-state index in [0.717, 1.165) is 37.9 Å². The SMILES string of the molecule is Fc1cc(F)c(-c2ncoc2-c2ccc3nnc(C4CCCC4)n3c2)c(F)c1. The Balaban J connectivity index is 1.64. The summed E-state index contributed by atoms with van der Waals surface area (Å²) in [6, 6.07) is 4.74. The minimum absolute atomic E-state index is 0.0233. The molecule has 0 atom stereocenters. The number of fused-ring (bicyclic) bond motifs is 1. The second-order valence-electron chi connectivity index (χ2n) is 6.96. The molecular formula is C20H15F3N4O. The predicted octanol–water partition coefficient (Wildman–Crippen LogP) is 5.13. The maximum Gasteiger partial charge on any atom is 0.182 e. The summed E-state index contributed by atoms with van der Waals surface area (Å²) in [5.41, 5.74) is 0.808. The number of hydrogen-bond acceptors (Lipinski definition) is 4. The zero-order chi connectivity index (χ0) is 19.3. The Kier molecular flexibility index (Phi) is 3.92. The van der Waals surface area contributed by atoms with Gasteiger partial charge in [0.25, 0.3) is 0 Å². The summed E-state index contributed by atoms with van der Waals surface area (Å²) in [4.78, 5) is 3.97. The summed E-state index contributed by atoms with van der Waals surface area (Å²) >= 11 is 0. The molecule has 1 aliphatic rings. The molecule has 3 heterocycles. The predicted molar refractivity (Wildman–Crippen MR) is 95.0 cm³/mol. The van der Waals surface area contributed by atoms with Crippen LogP contribution in [0.2, 0.25) is 0 Å². The first-order valence-electron chi connectivity index (χ1n) is 9.05. The van der Waals surface area contributed by atoms with Gasteiger partial charge in [0.05, 0.1) is 5.56 Å². The number of oxazole rings is 1. The van der Waals surface area contributed by atoms with Crippen LogP contribution in [0.3, 0.4) is 0 Å². The molecule has 8 heteroatoms. The maximum atomic E-state index is 14.3. The van der Waals surface area contributed by atoms with Crippen molar-refractivity contribution in [2.24, 2.45) is 0 Å². The maximum absolute atomic E-state index is 14.3. The van der Waals surface area contributed by atoms with Crippen molar-refractivity contribution in [3.05, 3.63) is 60.1 Å². The molecule has 5 rings (SSSR count). The van der Waals surface area contributed by atoms with Crippen LogP contribution < -0.4 is 0 Å². The topological polar surface area (TPSA) is 56.2 Å². The number of aromatic nitrogens is 4. The van der Waals surface area contributed by atoms with Crippen LogP contribution >= 0.6 is 0 Å². The standard InChI is InChI=1S/C20H15F3N4O/c21-13-7-14(22)17(15(23)8-13)18-19(28-10-24-18)12-5-6-16-25-26-20(27(16)9-12)11-3-1-2-4-11/h5-11H,1-4H2.